The Bertz CT molecular complexity index is 3030. The lowest BCUT2D eigenvalue weighted by Crippen LogP contribution is -2.59. The summed E-state index contributed by atoms with van der Waals surface area (Å²) in [7, 11) is 8.40. The number of nitrogens with one attached hydrogen (secondary N) is 8. The smallest absolute Gasteiger partial charge is 0.385 e. The number of likely N-dealkylation sites (N-methyl/N-ethyl adjacent to an activating group) is 2. The Morgan fingerprint density at radius 3 is 1.87 bits per heavy atom. The number of carbonyl (C=O) groups excluding carboxylic acids is 11. The van der Waals surface area contributed by atoms with Crippen LogP contribution < -0.4 is 47.3 Å². The van der Waals surface area contributed by atoms with E-state index in [2.05, 4.69) is 41.5 Å². The number of nitrogens with two attached hydrogens (primary N) is 1. The monoisotopic (exact) mass is 1460 g/mol. The molecule has 0 bridgehead atoms. The zero-order chi connectivity index (χ0) is 76.6. The fourth-order valence-electron chi connectivity index (χ4n) is 13.7. The van der Waals surface area contributed by atoms with Crippen LogP contribution in [0.5, 0.6) is 0 Å². The number of piperidine rings is 1. The van der Waals surface area contributed by atoms with E-state index < -0.39 is 111 Å². The fourth-order valence-corrected chi connectivity index (χ4v) is 14.4. The molecule has 13 atom stereocenters. The number of ether oxygens (including phenoxy) is 4. The molecule has 2 aromatic rings. The van der Waals surface area contributed by atoms with Crippen molar-refractivity contribution >= 4 is 86.2 Å². The van der Waals surface area contributed by atoms with E-state index in [-0.39, 0.29) is 143 Å². The van der Waals surface area contributed by atoms with Crippen molar-refractivity contribution in [1.82, 2.24) is 55.8 Å². The number of urea groups is 1. The number of hydrogen-bond donors (Lipinski definition) is 9. The lowest BCUT2D eigenvalue weighted by Gasteiger charge is -2.41. The Morgan fingerprint density at radius 1 is 0.660 bits per heavy atom. The van der Waals surface area contributed by atoms with Gasteiger partial charge in [-0.3, -0.25) is 52.8 Å². The minimum Gasteiger partial charge on any atom is -0.449 e. The van der Waals surface area contributed by atoms with Crippen LogP contribution in [0.1, 0.15) is 145 Å². The molecule has 2 heterocycles. The molecule has 29 heteroatoms. The van der Waals surface area contributed by atoms with Crippen LogP contribution in [0, 0.1) is 35.5 Å². The van der Waals surface area contributed by atoms with Gasteiger partial charge in [0, 0.05) is 77.9 Å². The van der Waals surface area contributed by atoms with E-state index in [1.54, 1.807) is 66.8 Å². The summed E-state index contributed by atoms with van der Waals surface area (Å²) in [4.78, 5) is 156. The van der Waals surface area contributed by atoms with E-state index in [1.165, 1.54) is 14.2 Å². The number of hydrogen-bond acceptors (Lipinski definition) is 16. The molecular formula is C74H122AlN13O15. The van der Waals surface area contributed by atoms with Gasteiger partial charge in [-0.05, 0) is 106 Å². The molecule has 4 rings (SSSR count). The van der Waals surface area contributed by atoms with E-state index in [0.717, 1.165) is 5.56 Å². The van der Waals surface area contributed by atoms with Gasteiger partial charge in [0.25, 0.3) is 0 Å². The average Bonchev–Trinajstić information content (AvgIpc) is 1.79. The van der Waals surface area contributed by atoms with Crippen molar-refractivity contribution in [2.24, 2.45) is 41.2 Å². The summed E-state index contributed by atoms with van der Waals surface area (Å²) in [6.07, 6.45) is 2.20. The molecule has 2 aliphatic heterocycles. The van der Waals surface area contributed by atoms with Gasteiger partial charge < -0.3 is 80.9 Å². The molecule has 0 aromatic heterocycles. The van der Waals surface area contributed by atoms with Crippen LogP contribution in [0.2, 0.25) is 5.79 Å². The summed E-state index contributed by atoms with van der Waals surface area (Å²) in [6.45, 7) is 20.6. The van der Waals surface area contributed by atoms with Crippen molar-refractivity contribution in [3.8, 4) is 0 Å². The molecule has 576 valence electrons. The average molecular weight is 1460 g/mol. The maximum atomic E-state index is 14.7. The number of nitrogens with zero attached hydrogens (tertiary/aromatic N) is 4. The molecule has 0 spiro atoms. The third-order valence-electron chi connectivity index (χ3n) is 19.6. The Hall–Kier alpha value is -7.26. The minimum absolute atomic E-state index is 0.00742. The first-order valence-corrected chi connectivity index (χ1v) is 39.0. The zero-order valence-electron chi connectivity index (χ0n) is 64.1. The first-order chi connectivity index (χ1) is 48.9. The predicted octanol–water partition coefficient (Wildman–Crippen LogP) is 3.65. The summed E-state index contributed by atoms with van der Waals surface area (Å²) in [5.41, 5.74) is 7.11. The van der Waals surface area contributed by atoms with Crippen LogP contribution in [0.4, 0.5) is 10.5 Å². The molecule has 2 unspecified atom stereocenters. The molecule has 12 amide bonds. The fraction of sp³-hybridized carbons (Fsp3) is 0.689. The molecule has 2 saturated heterocycles. The van der Waals surface area contributed by atoms with Crippen LogP contribution in [0.3, 0.4) is 0 Å². The van der Waals surface area contributed by atoms with Crippen LogP contribution in [-0.4, -0.2) is 242 Å². The first kappa shape index (κ1) is 88.1. The number of carbonyl (C=O) groups is 11. The van der Waals surface area contributed by atoms with Gasteiger partial charge >= 0.3 is 21.5 Å². The maximum absolute atomic E-state index is 14.7. The Balaban J connectivity index is 1.36. The van der Waals surface area contributed by atoms with Gasteiger partial charge in [0.15, 0.2) is 5.91 Å². The van der Waals surface area contributed by atoms with E-state index in [9.17, 15) is 52.7 Å². The van der Waals surface area contributed by atoms with Gasteiger partial charge in [-0.2, -0.15) is 0 Å². The van der Waals surface area contributed by atoms with E-state index in [1.807, 2.05) is 104 Å². The van der Waals surface area contributed by atoms with E-state index in [4.69, 9.17) is 24.7 Å². The number of methoxy groups -OCH3 is 2. The van der Waals surface area contributed by atoms with Gasteiger partial charge in [-0.1, -0.05) is 117 Å². The highest BCUT2D eigenvalue weighted by molar-refractivity contribution is 6.35. The number of amides is 12. The number of rotatable bonds is 44. The Kier molecular flexibility index (Phi) is 38.7. The van der Waals surface area contributed by atoms with Crippen molar-refractivity contribution < 1.29 is 71.7 Å². The number of anilines is 1. The van der Waals surface area contributed by atoms with Crippen molar-refractivity contribution in [2.45, 2.75) is 213 Å². The second kappa shape index (κ2) is 45.2. The number of primary amides is 1. The molecular weight excluding hydrogens is 1340 g/mol. The highest BCUT2D eigenvalue weighted by Gasteiger charge is 2.44. The van der Waals surface area contributed by atoms with Crippen molar-refractivity contribution in [2.75, 3.05) is 86.7 Å². The lowest BCUT2D eigenvalue weighted by molar-refractivity contribution is -0.148. The predicted molar refractivity (Wildman–Crippen MR) is 396 cm³/mol. The van der Waals surface area contributed by atoms with Crippen LogP contribution >= 0.6 is 0 Å². The molecule has 2 fully saturated rings. The highest BCUT2D eigenvalue weighted by Crippen LogP contribution is 2.31. The standard InChI is InChI=1S/C73H119N13O15.CH3.Al.H/c1-16-47(8)64(84(13)72(96)62(45(4)5)82-71(95)63(46(6)7)83(11)12)57(98-14)42-60(89)86-34-21-25-56(86)65(99-15)49(10)67(91)80-55(41-50-22-18-17-19-23-50)68(92)77-43-51-26-28-53(29-27-51)78-69(93)54(24-20-33-76-73(75)97)79-70(94)61(44(2)3)81-58(87)31-36-100-38-39-101-37-32-59(88)85-35-30-52(66(74)90)40-48(85)9;;;/h17-19,22-23,26-29,44-49,52,54-57,61-65H,16,20-21,24-25,30-43H2,1-15H3,(H11,74,75,76,77,78,79,80,81,82,87,90,91,92,93,94,95,97);1H3;;/q;;+1;/p-1/t47-,48?,49+,52?,54-,55-,56-,57+,61-,62-,63-,64-,65+;;;/m0.../s1. The maximum Gasteiger partial charge on any atom is 0.385 e. The summed E-state index contributed by atoms with van der Waals surface area (Å²) in [6, 6.07) is 9.63. The van der Waals surface area contributed by atoms with Crippen molar-refractivity contribution in [1.29, 1.82) is 0 Å². The van der Waals surface area contributed by atoms with Gasteiger partial charge in [0.2, 0.25) is 53.2 Å². The molecule has 10 N–H and O–H groups in total. The SMILES string of the molecule is CC[C@H](C)[C@@H]([C@@H](CC(=O)N1CCC[C@H]1[C@H](OC)[C@@H](C)C(=O)N[C@@H](Cc1ccccc1)C(=O)NCc1ccc(NC(=O)[C@H](CCCNC(N)=O)NC(=O)[C@@H](NC(=O)CCOCCOCCC(=O)N2CCC(C(=O)[NH][AlH][CH3])CC2C)C(C)C)cc1)OC)N(C)C(=O)[C@@H](NC(=O)[C@H](C(C)C)N(C)C)C(C)C. The Morgan fingerprint density at radius 2 is 1.30 bits per heavy atom. The van der Waals surface area contributed by atoms with Gasteiger partial charge in [-0.15, -0.1) is 0 Å². The van der Waals surface area contributed by atoms with Crippen molar-refractivity contribution in [3.05, 3.63) is 65.7 Å². The molecule has 2 aliphatic rings. The van der Waals surface area contributed by atoms with E-state index >= 15 is 0 Å². The molecule has 103 heavy (non-hydrogen) atoms. The second-order valence-electron chi connectivity index (χ2n) is 28.7. The topological polar surface area (TPSA) is 360 Å². The first-order valence-electron chi connectivity index (χ1n) is 36.8. The van der Waals surface area contributed by atoms with Crippen LogP contribution in [0.15, 0.2) is 54.6 Å². The molecule has 28 nitrogen and oxygen atoms in total. The second-order valence-corrected chi connectivity index (χ2v) is 29.7. The van der Waals surface area contributed by atoms with Gasteiger partial charge in [-0.25, -0.2) is 4.79 Å². The summed E-state index contributed by atoms with van der Waals surface area (Å²) in [5, 5.41) is 19.9. The van der Waals surface area contributed by atoms with Gasteiger partial charge in [0.05, 0.1) is 75.5 Å². The van der Waals surface area contributed by atoms with Crippen LogP contribution in [-0.2, 0) is 79.9 Å². The lowest BCUT2D eigenvalue weighted by atomic mass is 9.89. The third-order valence-corrected chi connectivity index (χ3v) is 20.3. The summed E-state index contributed by atoms with van der Waals surface area (Å²) < 4.78 is 26.5. The third kappa shape index (κ3) is 28.3. The molecule has 0 saturated carbocycles. The molecule has 0 radical (unpaired) electrons. The van der Waals surface area contributed by atoms with E-state index in [0.29, 0.717) is 56.4 Å². The summed E-state index contributed by atoms with van der Waals surface area (Å²) >= 11 is -0.591. The quantitative estimate of drug-likeness (QED) is 0.0338. The molecule has 0 aliphatic carbocycles. The van der Waals surface area contributed by atoms with Crippen molar-refractivity contribution in [3.63, 3.8) is 0 Å². The van der Waals surface area contributed by atoms with Gasteiger partial charge in [0.1, 0.15) is 24.2 Å². The zero-order valence-corrected chi connectivity index (χ0v) is 65.5. The highest BCUT2D eigenvalue weighted by atomic mass is 27.1. The Labute approximate surface area is 617 Å². The van der Waals surface area contributed by atoms with Crippen LogP contribution in [0.25, 0.3) is 0 Å². The molecule has 2 aromatic carbocycles. The number of benzene rings is 2. The number of likely N-dealkylation sites (tertiary alicyclic amines) is 2. The largest absolute Gasteiger partial charge is 0.449 e. The normalized spacial score (nSPS) is 18.2. The summed E-state index contributed by atoms with van der Waals surface area (Å²) in [5.74, 6) is -2.90. The minimum atomic E-state index is -1.11.